The predicted octanol–water partition coefficient (Wildman–Crippen LogP) is 1.93. The molecule has 0 bridgehead atoms. The number of hydrogen-bond acceptors (Lipinski definition) is 4. The molecule has 0 aromatic carbocycles. The molecule has 2 fully saturated rings. The maximum atomic E-state index is 12.9. The van der Waals surface area contributed by atoms with Crippen molar-refractivity contribution in [2.24, 2.45) is 11.8 Å². The van der Waals surface area contributed by atoms with Crippen LogP contribution in [0.25, 0.3) is 0 Å². The molecule has 1 aliphatic heterocycles. The van der Waals surface area contributed by atoms with E-state index in [0.717, 1.165) is 25.7 Å². The minimum atomic E-state index is -0.590. The van der Waals surface area contributed by atoms with Gasteiger partial charge in [-0.2, -0.15) is 0 Å². The Bertz CT molecular complexity index is 454. The van der Waals surface area contributed by atoms with E-state index < -0.39 is 11.8 Å². The Kier molecular flexibility index (Phi) is 6.63. The summed E-state index contributed by atoms with van der Waals surface area (Å²) < 4.78 is 11.1. The Morgan fingerprint density at radius 1 is 1.42 bits per heavy atom. The van der Waals surface area contributed by atoms with Gasteiger partial charge in [0.05, 0.1) is 13.2 Å². The molecule has 3 atom stereocenters. The monoisotopic (exact) mass is 340 g/mol. The highest BCUT2D eigenvalue weighted by molar-refractivity contribution is 5.88. The fraction of sp³-hybridized carbons (Fsp3) is 0.889. The molecule has 2 amide bonds. The largest absolute Gasteiger partial charge is 0.383 e. The van der Waals surface area contributed by atoms with Gasteiger partial charge in [0, 0.05) is 20.1 Å². The van der Waals surface area contributed by atoms with Gasteiger partial charge in [-0.25, -0.2) is 0 Å². The number of nitrogens with one attached hydrogen (secondary N) is 1. The van der Waals surface area contributed by atoms with Crippen molar-refractivity contribution in [3.8, 4) is 0 Å². The summed E-state index contributed by atoms with van der Waals surface area (Å²) in [4.78, 5) is 27.3. The lowest BCUT2D eigenvalue weighted by molar-refractivity contribution is -0.163. The van der Waals surface area contributed by atoms with E-state index in [1.165, 1.54) is 0 Å². The predicted molar refractivity (Wildman–Crippen MR) is 91.3 cm³/mol. The Labute approximate surface area is 145 Å². The third kappa shape index (κ3) is 4.28. The molecule has 6 nitrogen and oxygen atoms in total. The standard InChI is InChI=1S/C18H32N2O4/c1-13(2)10-16(21)20-15(17(22)19-8-9-23-4)12-24-18(20)7-5-6-14(3)11-18/h13-15H,5-12H2,1-4H3,(H,19,22)/t14-,15-,18-/m0/s1. The van der Waals surface area contributed by atoms with Crippen LogP contribution in [0.3, 0.4) is 0 Å². The molecule has 0 aromatic rings. The fourth-order valence-corrected chi connectivity index (χ4v) is 3.92. The average molecular weight is 340 g/mol. The fourth-order valence-electron chi connectivity index (χ4n) is 3.92. The van der Waals surface area contributed by atoms with Crippen LogP contribution >= 0.6 is 0 Å². The van der Waals surface area contributed by atoms with Crippen LogP contribution in [0.5, 0.6) is 0 Å². The first-order chi connectivity index (χ1) is 11.4. The number of rotatable bonds is 6. The van der Waals surface area contributed by atoms with Crippen LogP contribution in [0.2, 0.25) is 0 Å². The number of carbonyl (C=O) groups is 2. The van der Waals surface area contributed by atoms with Gasteiger partial charge in [0.1, 0.15) is 11.8 Å². The van der Waals surface area contributed by atoms with Crippen molar-refractivity contribution in [2.45, 2.75) is 64.6 Å². The first kappa shape index (κ1) is 19.2. The summed E-state index contributed by atoms with van der Waals surface area (Å²) in [6.45, 7) is 7.44. The third-order valence-electron chi connectivity index (χ3n) is 4.95. The van der Waals surface area contributed by atoms with Crippen LogP contribution in [0.15, 0.2) is 0 Å². The molecular weight excluding hydrogens is 308 g/mol. The zero-order chi connectivity index (χ0) is 17.7. The molecule has 1 saturated heterocycles. The van der Waals surface area contributed by atoms with E-state index in [9.17, 15) is 9.59 Å². The van der Waals surface area contributed by atoms with Crippen molar-refractivity contribution in [1.29, 1.82) is 0 Å². The molecule has 1 heterocycles. The molecule has 1 aliphatic carbocycles. The van der Waals surface area contributed by atoms with Crippen molar-refractivity contribution in [2.75, 3.05) is 26.9 Å². The second-order valence-corrected chi connectivity index (χ2v) is 7.62. The number of nitrogens with zero attached hydrogens (tertiary/aromatic N) is 1. The van der Waals surface area contributed by atoms with Crippen molar-refractivity contribution in [3.05, 3.63) is 0 Å². The van der Waals surface area contributed by atoms with Gasteiger partial charge < -0.3 is 14.8 Å². The number of methoxy groups -OCH3 is 1. The summed E-state index contributed by atoms with van der Waals surface area (Å²) in [5, 5.41) is 2.86. The molecule has 2 rings (SSSR count). The summed E-state index contributed by atoms with van der Waals surface area (Å²) in [5.41, 5.74) is -0.590. The van der Waals surface area contributed by atoms with Gasteiger partial charge >= 0.3 is 0 Å². The number of ether oxygens (including phenoxy) is 2. The molecule has 1 N–H and O–H groups in total. The van der Waals surface area contributed by atoms with Crippen LogP contribution in [0.4, 0.5) is 0 Å². The lowest BCUT2D eigenvalue weighted by Gasteiger charge is -2.43. The van der Waals surface area contributed by atoms with Crippen molar-refractivity contribution < 1.29 is 19.1 Å². The summed E-state index contributed by atoms with van der Waals surface area (Å²) in [6, 6.07) is -0.529. The van der Waals surface area contributed by atoms with Crippen LogP contribution in [0.1, 0.15) is 52.9 Å². The molecule has 0 aromatic heterocycles. The average Bonchev–Trinajstić information content (AvgIpc) is 2.85. The lowest BCUT2D eigenvalue weighted by atomic mass is 9.83. The summed E-state index contributed by atoms with van der Waals surface area (Å²) in [6.07, 6.45) is 4.27. The van der Waals surface area contributed by atoms with Gasteiger partial charge in [-0.15, -0.1) is 0 Å². The number of carbonyl (C=O) groups excluding carboxylic acids is 2. The highest BCUT2D eigenvalue weighted by Gasteiger charge is 2.53. The lowest BCUT2D eigenvalue weighted by Crippen LogP contribution is -2.57. The number of amides is 2. The quantitative estimate of drug-likeness (QED) is 0.750. The smallest absolute Gasteiger partial charge is 0.245 e. The van der Waals surface area contributed by atoms with Crippen molar-refractivity contribution in [1.82, 2.24) is 10.2 Å². The Hall–Kier alpha value is -1.14. The molecule has 1 spiro atoms. The second kappa shape index (κ2) is 8.30. The number of hydrogen-bond donors (Lipinski definition) is 1. The Morgan fingerprint density at radius 2 is 2.17 bits per heavy atom. The van der Waals surface area contributed by atoms with Gasteiger partial charge in [0.2, 0.25) is 11.8 Å². The third-order valence-corrected chi connectivity index (χ3v) is 4.95. The molecule has 24 heavy (non-hydrogen) atoms. The van der Waals surface area contributed by atoms with E-state index in [1.807, 2.05) is 13.8 Å². The Balaban J connectivity index is 2.17. The van der Waals surface area contributed by atoms with Crippen molar-refractivity contribution >= 4 is 11.8 Å². The Morgan fingerprint density at radius 3 is 2.79 bits per heavy atom. The molecule has 2 aliphatic rings. The topological polar surface area (TPSA) is 67.9 Å². The van der Waals surface area contributed by atoms with Gasteiger partial charge in [-0.05, 0) is 31.1 Å². The zero-order valence-corrected chi connectivity index (χ0v) is 15.5. The molecule has 6 heteroatoms. The van der Waals surface area contributed by atoms with Gasteiger partial charge in [0.15, 0.2) is 0 Å². The summed E-state index contributed by atoms with van der Waals surface area (Å²) in [7, 11) is 1.60. The van der Waals surface area contributed by atoms with Gasteiger partial charge in [0.25, 0.3) is 0 Å². The maximum Gasteiger partial charge on any atom is 0.245 e. The van der Waals surface area contributed by atoms with Crippen LogP contribution in [-0.2, 0) is 19.1 Å². The molecule has 1 saturated carbocycles. The second-order valence-electron chi connectivity index (χ2n) is 7.62. The van der Waals surface area contributed by atoms with E-state index >= 15 is 0 Å². The summed E-state index contributed by atoms with van der Waals surface area (Å²) in [5.74, 6) is 0.652. The van der Waals surface area contributed by atoms with E-state index in [-0.39, 0.29) is 24.3 Å². The normalized spacial score (nSPS) is 30.1. The zero-order valence-electron chi connectivity index (χ0n) is 15.5. The molecule has 0 radical (unpaired) electrons. The first-order valence-electron chi connectivity index (χ1n) is 9.12. The van der Waals surface area contributed by atoms with E-state index in [1.54, 1.807) is 12.0 Å². The highest BCUT2D eigenvalue weighted by Crippen LogP contribution is 2.43. The maximum absolute atomic E-state index is 12.9. The molecule has 138 valence electrons. The van der Waals surface area contributed by atoms with Crippen LogP contribution in [-0.4, -0.2) is 55.3 Å². The van der Waals surface area contributed by atoms with E-state index in [2.05, 4.69) is 12.2 Å². The van der Waals surface area contributed by atoms with Gasteiger partial charge in [-0.1, -0.05) is 27.2 Å². The molecular formula is C18H32N2O4. The SMILES string of the molecule is COCCNC(=O)[C@@H]1CO[C@]2(CCC[C@H](C)C2)N1C(=O)CC(C)C. The minimum Gasteiger partial charge on any atom is -0.383 e. The summed E-state index contributed by atoms with van der Waals surface area (Å²) >= 11 is 0. The van der Waals surface area contributed by atoms with Crippen LogP contribution in [0, 0.1) is 11.8 Å². The highest BCUT2D eigenvalue weighted by atomic mass is 16.5. The minimum absolute atomic E-state index is 0.0310. The van der Waals surface area contributed by atoms with Gasteiger partial charge in [-0.3, -0.25) is 14.5 Å². The first-order valence-corrected chi connectivity index (χ1v) is 9.12. The molecule has 0 unspecified atom stereocenters. The van der Waals surface area contributed by atoms with E-state index in [4.69, 9.17) is 9.47 Å². The van der Waals surface area contributed by atoms with Crippen LogP contribution < -0.4 is 5.32 Å². The van der Waals surface area contributed by atoms with E-state index in [0.29, 0.717) is 25.5 Å². The van der Waals surface area contributed by atoms with Crippen molar-refractivity contribution in [3.63, 3.8) is 0 Å².